The lowest BCUT2D eigenvalue weighted by atomic mass is 10.1. The second-order valence-electron chi connectivity index (χ2n) is 5.32. The number of aryl methyl sites for hydroxylation is 2. The Morgan fingerprint density at radius 2 is 1.57 bits per heavy atom. The molecule has 0 spiro atoms. The number of hydrogen-bond donors (Lipinski definition) is 2. The Kier molecular flexibility index (Phi) is 4.19. The van der Waals surface area contributed by atoms with E-state index in [9.17, 15) is 4.39 Å². The summed E-state index contributed by atoms with van der Waals surface area (Å²) in [6.07, 6.45) is 1.44. The normalized spacial score (nSPS) is 10.4. The molecular formula is C18H17FN4. The zero-order chi connectivity index (χ0) is 16.2. The standard InChI is InChI=1S/C18H17FN4/c1-12-7-8-14(9-13(12)2)22-17-10-18(21-11-20-17)23-16-6-4-3-5-15(16)19/h3-11H,1-2H3,(H2,20,21,22,23). The third kappa shape index (κ3) is 3.63. The maximum absolute atomic E-state index is 13.7. The Hall–Kier alpha value is -2.95. The molecule has 5 heteroatoms. The fourth-order valence-corrected chi connectivity index (χ4v) is 2.16. The quantitative estimate of drug-likeness (QED) is 0.732. The Labute approximate surface area is 134 Å². The van der Waals surface area contributed by atoms with E-state index < -0.39 is 0 Å². The number of aromatic nitrogens is 2. The molecule has 3 rings (SSSR count). The summed E-state index contributed by atoms with van der Waals surface area (Å²) >= 11 is 0. The third-order valence-electron chi connectivity index (χ3n) is 3.58. The lowest BCUT2D eigenvalue weighted by Gasteiger charge is -2.10. The summed E-state index contributed by atoms with van der Waals surface area (Å²) in [5.74, 6) is 0.841. The van der Waals surface area contributed by atoms with Gasteiger partial charge in [0.15, 0.2) is 0 Å². The van der Waals surface area contributed by atoms with Gasteiger partial charge in [0.1, 0.15) is 23.8 Å². The average Bonchev–Trinajstić information content (AvgIpc) is 2.54. The summed E-state index contributed by atoms with van der Waals surface area (Å²) in [6, 6.07) is 14.3. The number of nitrogens with one attached hydrogen (secondary N) is 2. The second-order valence-corrected chi connectivity index (χ2v) is 5.32. The minimum atomic E-state index is -0.324. The van der Waals surface area contributed by atoms with Crippen molar-refractivity contribution in [1.82, 2.24) is 9.97 Å². The van der Waals surface area contributed by atoms with E-state index in [0.29, 0.717) is 17.3 Å². The molecule has 0 aliphatic rings. The molecule has 0 bridgehead atoms. The number of rotatable bonds is 4. The van der Waals surface area contributed by atoms with Gasteiger partial charge in [-0.3, -0.25) is 0 Å². The predicted octanol–water partition coefficient (Wildman–Crippen LogP) is 4.72. The van der Waals surface area contributed by atoms with E-state index in [1.807, 2.05) is 6.07 Å². The Morgan fingerprint density at radius 1 is 0.826 bits per heavy atom. The first-order valence-electron chi connectivity index (χ1n) is 7.30. The minimum Gasteiger partial charge on any atom is -0.340 e. The molecule has 0 radical (unpaired) electrons. The van der Waals surface area contributed by atoms with Gasteiger partial charge in [-0.1, -0.05) is 18.2 Å². The number of para-hydroxylation sites is 1. The molecule has 1 aromatic heterocycles. The van der Waals surface area contributed by atoms with Crippen LogP contribution in [0, 0.1) is 19.7 Å². The van der Waals surface area contributed by atoms with Gasteiger partial charge in [-0.05, 0) is 49.2 Å². The van der Waals surface area contributed by atoms with Crippen molar-refractivity contribution >= 4 is 23.0 Å². The number of benzene rings is 2. The molecular weight excluding hydrogens is 291 g/mol. The van der Waals surface area contributed by atoms with Crippen molar-refractivity contribution in [3.63, 3.8) is 0 Å². The van der Waals surface area contributed by atoms with Gasteiger partial charge < -0.3 is 10.6 Å². The van der Waals surface area contributed by atoms with Gasteiger partial charge in [-0.15, -0.1) is 0 Å². The van der Waals surface area contributed by atoms with Crippen LogP contribution in [0.4, 0.5) is 27.4 Å². The van der Waals surface area contributed by atoms with Gasteiger partial charge in [0, 0.05) is 11.8 Å². The number of nitrogens with zero attached hydrogens (tertiary/aromatic N) is 2. The van der Waals surface area contributed by atoms with Crippen LogP contribution in [0.3, 0.4) is 0 Å². The van der Waals surface area contributed by atoms with Crippen LogP contribution in [0.25, 0.3) is 0 Å². The smallest absolute Gasteiger partial charge is 0.146 e. The highest BCUT2D eigenvalue weighted by molar-refractivity contribution is 5.63. The van der Waals surface area contributed by atoms with E-state index in [-0.39, 0.29) is 5.82 Å². The first-order valence-corrected chi connectivity index (χ1v) is 7.30. The molecule has 0 saturated heterocycles. The molecule has 1 heterocycles. The monoisotopic (exact) mass is 308 g/mol. The van der Waals surface area contributed by atoms with Gasteiger partial charge in [-0.2, -0.15) is 0 Å². The average molecular weight is 308 g/mol. The van der Waals surface area contributed by atoms with Gasteiger partial charge in [-0.25, -0.2) is 14.4 Å². The van der Waals surface area contributed by atoms with Crippen LogP contribution in [0.2, 0.25) is 0 Å². The van der Waals surface area contributed by atoms with Crippen molar-refractivity contribution in [3.05, 3.63) is 71.8 Å². The summed E-state index contributed by atoms with van der Waals surface area (Å²) < 4.78 is 13.7. The van der Waals surface area contributed by atoms with E-state index in [1.165, 1.54) is 23.5 Å². The lowest BCUT2D eigenvalue weighted by molar-refractivity contribution is 0.632. The molecule has 0 fully saturated rings. The molecule has 2 aromatic carbocycles. The Bertz CT molecular complexity index is 833. The molecule has 0 atom stereocenters. The molecule has 2 N–H and O–H groups in total. The summed E-state index contributed by atoms with van der Waals surface area (Å²) in [7, 11) is 0. The predicted molar refractivity (Wildman–Crippen MR) is 90.9 cm³/mol. The summed E-state index contributed by atoms with van der Waals surface area (Å²) in [5.41, 5.74) is 3.76. The fraction of sp³-hybridized carbons (Fsp3) is 0.111. The van der Waals surface area contributed by atoms with Gasteiger partial charge in [0.25, 0.3) is 0 Å². The molecule has 0 aliphatic heterocycles. The molecule has 0 saturated carbocycles. The molecule has 0 aliphatic carbocycles. The van der Waals surface area contributed by atoms with Crippen LogP contribution in [-0.4, -0.2) is 9.97 Å². The van der Waals surface area contributed by atoms with Crippen molar-refractivity contribution in [2.75, 3.05) is 10.6 Å². The van der Waals surface area contributed by atoms with Gasteiger partial charge in [0.05, 0.1) is 5.69 Å². The topological polar surface area (TPSA) is 49.8 Å². The second kappa shape index (κ2) is 6.44. The number of anilines is 4. The largest absolute Gasteiger partial charge is 0.340 e. The molecule has 23 heavy (non-hydrogen) atoms. The maximum atomic E-state index is 13.7. The SMILES string of the molecule is Cc1ccc(Nc2cc(Nc3ccccc3F)ncn2)cc1C. The molecule has 116 valence electrons. The first kappa shape index (κ1) is 15.0. The van der Waals surface area contributed by atoms with Crippen molar-refractivity contribution in [1.29, 1.82) is 0 Å². The molecule has 0 unspecified atom stereocenters. The van der Waals surface area contributed by atoms with Gasteiger partial charge >= 0.3 is 0 Å². The van der Waals surface area contributed by atoms with E-state index in [0.717, 1.165) is 5.69 Å². The van der Waals surface area contributed by atoms with Crippen molar-refractivity contribution in [3.8, 4) is 0 Å². The number of hydrogen-bond acceptors (Lipinski definition) is 4. The third-order valence-corrected chi connectivity index (χ3v) is 3.58. The molecule has 4 nitrogen and oxygen atoms in total. The Balaban J connectivity index is 1.79. The van der Waals surface area contributed by atoms with Crippen molar-refractivity contribution in [2.24, 2.45) is 0 Å². The number of halogens is 1. The van der Waals surface area contributed by atoms with E-state index in [1.54, 1.807) is 24.3 Å². The zero-order valence-corrected chi connectivity index (χ0v) is 13.0. The van der Waals surface area contributed by atoms with Crippen LogP contribution in [0.1, 0.15) is 11.1 Å². The van der Waals surface area contributed by atoms with Crippen molar-refractivity contribution < 1.29 is 4.39 Å². The van der Waals surface area contributed by atoms with Crippen LogP contribution in [-0.2, 0) is 0 Å². The highest BCUT2D eigenvalue weighted by atomic mass is 19.1. The highest BCUT2D eigenvalue weighted by Crippen LogP contribution is 2.22. The van der Waals surface area contributed by atoms with Crippen LogP contribution >= 0.6 is 0 Å². The summed E-state index contributed by atoms with van der Waals surface area (Å²) in [6.45, 7) is 4.13. The Morgan fingerprint density at radius 3 is 2.30 bits per heavy atom. The summed E-state index contributed by atoms with van der Waals surface area (Å²) in [5, 5.41) is 6.18. The van der Waals surface area contributed by atoms with Crippen LogP contribution in [0.5, 0.6) is 0 Å². The fourth-order valence-electron chi connectivity index (χ4n) is 2.16. The minimum absolute atomic E-state index is 0.324. The zero-order valence-electron chi connectivity index (χ0n) is 13.0. The summed E-state index contributed by atoms with van der Waals surface area (Å²) in [4.78, 5) is 8.32. The van der Waals surface area contributed by atoms with Crippen LogP contribution in [0.15, 0.2) is 54.9 Å². The van der Waals surface area contributed by atoms with Crippen molar-refractivity contribution in [2.45, 2.75) is 13.8 Å². The van der Waals surface area contributed by atoms with E-state index >= 15 is 0 Å². The van der Waals surface area contributed by atoms with E-state index in [4.69, 9.17) is 0 Å². The molecule has 3 aromatic rings. The lowest BCUT2D eigenvalue weighted by Crippen LogP contribution is -2.00. The first-order chi connectivity index (χ1) is 11.1. The molecule has 0 amide bonds. The van der Waals surface area contributed by atoms with Crippen LogP contribution < -0.4 is 10.6 Å². The van der Waals surface area contributed by atoms with E-state index in [2.05, 4.69) is 46.6 Å². The highest BCUT2D eigenvalue weighted by Gasteiger charge is 2.04. The maximum Gasteiger partial charge on any atom is 0.146 e. The van der Waals surface area contributed by atoms with Gasteiger partial charge in [0.2, 0.25) is 0 Å².